The standard InChI is InChI=1S/C19H25N5O2/c1-12-4-3-5-15-17(12)23-16(22-15)6-7-21-18(26)19-10-20-8-14(19)9-24(11-19)13(2)25/h3-5,14,20H,6-11H2,1-2H3,(H,21,26)(H,22,23)/t14-,19-/m0/s1. The predicted octanol–water partition coefficient (Wildman–Crippen LogP) is 0.598. The van der Waals surface area contributed by atoms with Gasteiger partial charge in [-0.1, -0.05) is 12.1 Å². The van der Waals surface area contributed by atoms with E-state index < -0.39 is 5.41 Å². The second-order valence-corrected chi connectivity index (χ2v) is 7.54. The summed E-state index contributed by atoms with van der Waals surface area (Å²) in [6.45, 7) is 6.75. The van der Waals surface area contributed by atoms with Crippen molar-refractivity contribution in [2.75, 3.05) is 32.7 Å². The Labute approximate surface area is 152 Å². The number of fused-ring (bicyclic) bond motifs is 2. The molecule has 2 saturated heterocycles. The van der Waals surface area contributed by atoms with E-state index in [9.17, 15) is 9.59 Å². The van der Waals surface area contributed by atoms with Crippen molar-refractivity contribution in [2.45, 2.75) is 20.3 Å². The second-order valence-electron chi connectivity index (χ2n) is 7.54. The van der Waals surface area contributed by atoms with Crippen molar-refractivity contribution in [3.05, 3.63) is 29.6 Å². The van der Waals surface area contributed by atoms with Crippen LogP contribution < -0.4 is 10.6 Å². The quantitative estimate of drug-likeness (QED) is 0.749. The second kappa shape index (κ2) is 6.39. The molecule has 1 aromatic carbocycles. The molecule has 2 amide bonds. The predicted molar refractivity (Wildman–Crippen MR) is 98.6 cm³/mol. The fourth-order valence-corrected chi connectivity index (χ4v) is 4.30. The Morgan fingerprint density at radius 3 is 3.04 bits per heavy atom. The van der Waals surface area contributed by atoms with Gasteiger partial charge < -0.3 is 20.5 Å². The van der Waals surface area contributed by atoms with Crippen molar-refractivity contribution >= 4 is 22.8 Å². The maximum absolute atomic E-state index is 12.9. The summed E-state index contributed by atoms with van der Waals surface area (Å²) in [5.41, 5.74) is 2.66. The maximum atomic E-state index is 12.9. The zero-order valence-electron chi connectivity index (χ0n) is 15.3. The van der Waals surface area contributed by atoms with Crippen molar-refractivity contribution in [3.8, 4) is 0 Å². The number of nitrogens with one attached hydrogen (secondary N) is 3. The molecule has 2 atom stereocenters. The third-order valence-electron chi connectivity index (χ3n) is 5.83. The number of para-hydroxylation sites is 1. The van der Waals surface area contributed by atoms with Crippen LogP contribution in [-0.4, -0.2) is 59.4 Å². The van der Waals surface area contributed by atoms with Gasteiger partial charge in [-0.25, -0.2) is 4.98 Å². The summed E-state index contributed by atoms with van der Waals surface area (Å²) < 4.78 is 0. The Morgan fingerprint density at radius 2 is 2.27 bits per heavy atom. The van der Waals surface area contributed by atoms with Gasteiger partial charge in [0.1, 0.15) is 5.82 Å². The first-order valence-corrected chi connectivity index (χ1v) is 9.18. The van der Waals surface area contributed by atoms with Gasteiger partial charge in [-0.3, -0.25) is 9.59 Å². The number of hydrogen-bond donors (Lipinski definition) is 3. The topological polar surface area (TPSA) is 90.1 Å². The van der Waals surface area contributed by atoms with E-state index in [4.69, 9.17) is 0 Å². The molecule has 0 bridgehead atoms. The fourth-order valence-electron chi connectivity index (χ4n) is 4.30. The number of likely N-dealkylation sites (tertiary alicyclic amines) is 1. The molecular formula is C19H25N5O2. The highest BCUT2D eigenvalue weighted by Gasteiger charge is 2.55. The lowest BCUT2D eigenvalue weighted by atomic mass is 9.80. The van der Waals surface area contributed by atoms with E-state index in [1.54, 1.807) is 11.8 Å². The molecule has 2 aliphatic heterocycles. The zero-order valence-corrected chi connectivity index (χ0v) is 15.3. The Bertz CT molecular complexity index is 861. The van der Waals surface area contributed by atoms with Crippen LogP contribution in [0.3, 0.4) is 0 Å². The van der Waals surface area contributed by atoms with Crippen molar-refractivity contribution in [1.82, 2.24) is 25.5 Å². The summed E-state index contributed by atoms with van der Waals surface area (Å²) in [4.78, 5) is 34.4. The van der Waals surface area contributed by atoms with Gasteiger partial charge in [-0.05, 0) is 18.6 Å². The first-order chi connectivity index (χ1) is 12.5. The van der Waals surface area contributed by atoms with Gasteiger partial charge >= 0.3 is 0 Å². The number of imidazole rings is 1. The number of aryl methyl sites for hydroxylation is 1. The molecule has 4 rings (SSSR count). The first kappa shape index (κ1) is 17.0. The summed E-state index contributed by atoms with van der Waals surface area (Å²) in [6.07, 6.45) is 0.657. The van der Waals surface area contributed by atoms with Crippen LogP contribution in [0.2, 0.25) is 0 Å². The lowest BCUT2D eigenvalue weighted by Gasteiger charge is -2.26. The van der Waals surface area contributed by atoms with Crippen LogP contribution in [0.4, 0.5) is 0 Å². The molecular weight excluding hydrogens is 330 g/mol. The van der Waals surface area contributed by atoms with E-state index in [0.717, 1.165) is 29.0 Å². The summed E-state index contributed by atoms with van der Waals surface area (Å²) in [5, 5.41) is 6.40. The molecule has 0 radical (unpaired) electrons. The van der Waals surface area contributed by atoms with Crippen LogP contribution in [0.1, 0.15) is 18.3 Å². The fraction of sp³-hybridized carbons (Fsp3) is 0.526. The van der Waals surface area contributed by atoms with Crippen LogP contribution in [0.25, 0.3) is 11.0 Å². The monoisotopic (exact) mass is 355 g/mol. The molecule has 0 unspecified atom stereocenters. The number of rotatable bonds is 4. The SMILES string of the molecule is CC(=O)N1C[C@@H]2CNC[C@]2(C(=O)NCCc2nc3c(C)cccc3[nH]2)C1. The van der Waals surface area contributed by atoms with E-state index >= 15 is 0 Å². The number of H-pyrrole nitrogens is 1. The minimum Gasteiger partial charge on any atom is -0.355 e. The minimum atomic E-state index is -0.490. The van der Waals surface area contributed by atoms with Gasteiger partial charge in [0.2, 0.25) is 11.8 Å². The normalized spacial score (nSPS) is 24.8. The number of carbonyl (C=O) groups is 2. The van der Waals surface area contributed by atoms with E-state index in [-0.39, 0.29) is 17.7 Å². The Balaban J connectivity index is 1.40. The highest BCUT2D eigenvalue weighted by atomic mass is 16.2. The average molecular weight is 355 g/mol. The molecule has 3 N–H and O–H groups in total. The molecule has 0 spiro atoms. The molecule has 2 aliphatic rings. The Morgan fingerprint density at radius 1 is 1.42 bits per heavy atom. The van der Waals surface area contributed by atoms with Gasteiger partial charge in [0.05, 0.1) is 16.4 Å². The Kier molecular flexibility index (Phi) is 4.19. The van der Waals surface area contributed by atoms with Gasteiger partial charge in [0.25, 0.3) is 0 Å². The van der Waals surface area contributed by atoms with Gasteiger partial charge in [-0.15, -0.1) is 0 Å². The van der Waals surface area contributed by atoms with Crippen LogP contribution in [0.5, 0.6) is 0 Å². The molecule has 7 nitrogen and oxygen atoms in total. The summed E-state index contributed by atoms with van der Waals surface area (Å²) in [6, 6.07) is 6.07. The largest absolute Gasteiger partial charge is 0.355 e. The zero-order chi connectivity index (χ0) is 18.3. The maximum Gasteiger partial charge on any atom is 0.229 e. The molecule has 3 heterocycles. The molecule has 2 fully saturated rings. The molecule has 138 valence electrons. The molecule has 1 aromatic heterocycles. The van der Waals surface area contributed by atoms with Crippen LogP contribution in [-0.2, 0) is 16.0 Å². The summed E-state index contributed by atoms with van der Waals surface area (Å²) >= 11 is 0. The molecule has 7 heteroatoms. The lowest BCUT2D eigenvalue weighted by molar-refractivity contribution is -0.132. The van der Waals surface area contributed by atoms with Crippen molar-refractivity contribution in [2.24, 2.45) is 11.3 Å². The van der Waals surface area contributed by atoms with Crippen LogP contribution >= 0.6 is 0 Å². The summed E-state index contributed by atoms with van der Waals surface area (Å²) in [5.74, 6) is 1.16. The molecule has 2 aromatic rings. The van der Waals surface area contributed by atoms with Crippen LogP contribution in [0.15, 0.2) is 18.2 Å². The van der Waals surface area contributed by atoms with E-state index in [2.05, 4.69) is 20.6 Å². The number of amides is 2. The van der Waals surface area contributed by atoms with Gasteiger partial charge in [0.15, 0.2) is 0 Å². The van der Waals surface area contributed by atoms with E-state index in [1.807, 2.05) is 25.1 Å². The smallest absolute Gasteiger partial charge is 0.229 e. The highest BCUT2D eigenvalue weighted by Crippen LogP contribution is 2.39. The lowest BCUT2D eigenvalue weighted by Crippen LogP contribution is -2.48. The average Bonchev–Trinajstić information content (AvgIpc) is 3.26. The number of aromatic nitrogens is 2. The van der Waals surface area contributed by atoms with Crippen molar-refractivity contribution < 1.29 is 9.59 Å². The van der Waals surface area contributed by atoms with Crippen molar-refractivity contribution in [1.29, 1.82) is 0 Å². The number of nitrogens with zero attached hydrogens (tertiary/aromatic N) is 2. The summed E-state index contributed by atoms with van der Waals surface area (Å²) in [7, 11) is 0. The minimum absolute atomic E-state index is 0.0449. The number of carbonyl (C=O) groups excluding carboxylic acids is 2. The Hall–Kier alpha value is -2.41. The van der Waals surface area contributed by atoms with Gasteiger partial charge in [-0.2, -0.15) is 0 Å². The number of benzene rings is 1. The molecule has 0 saturated carbocycles. The number of aromatic amines is 1. The number of hydrogen-bond acceptors (Lipinski definition) is 4. The van der Waals surface area contributed by atoms with Crippen molar-refractivity contribution in [3.63, 3.8) is 0 Å². The molecule has 0 aliphatic carbocycles. The van der Waals surface area contributed by atoms with Crippen LogP contribution in [0, 0.1) is 18.3 Å². The third-order valence-corrected chi connectivity index (χ3v) is 5.83. The van der Waals surface area contributed by atoms with E-state index in [0.29, 0.717) is 32.6 Å². The molecule has 26 heavy (non-hydrogen) atoms. The third kappa shape index (κ3) is 2.76. The highest BCUT2D eigenvalue weighted by molar-refractivity contribution is 5.86. The van der Waals surface area contributed by atoms with E-state index in [1.165, 1.54) is 0 Å². The first-order valence-electron chi connectivity index (χ1n) is 9.18. The van der Waals surface area contributed by atoms with Gasteiger partial charge in [0, 0.05) is 52.0 Å².